The van der Waals surface area contributed by atoms with Gasteiger partial charge in [-0.3, -0.25) is 4.79 Å². The van der Waals surface area contributed by atoms with Crippen LogP contribution in [0.1, 0.15) is 29.1 Å². The van der Waals surface area contributed by atoms with E-state index in [1.54, 1.807) is 18.3 Å². The van der Waals surface area contributed by atoms with Crippen molar-refractivity contribution in [1.82, 2.24) is 15.3 Å². The van der Waals surface area contributed by atoms with Gasteiger partial charge in [-0.1, -0.05) is 35.9 Å². The van der Waals surface area contributed by atoms with Gasteiger partial charge in [0.2, 0.25) is 5.91 Å². The van der Waals surface area contributed by atoms with Crippen molar-refractivity contribution in [2.45, 2.75) is 25.4 Å². The van der Waals surface area contributed by atoms with Gasteiger partial charge >= 0.3 is 0 Å². The zero-order valence-corrected chi connectivity index (χ0v) is 16.5. The van der Waals surface area contributed by atoms with Crippen LogP contribution >= 0.6 is 11.6 Å². The van der Waals surface area contributed by atoms with Crippen LogP contribution in [0.15, 0.2) is 54.7 Å². The third-order valence-corrected chi connectivity index (χ3v) is 5.35. The summed E-state index contributed by atoms with van der Waals surface area (Å²) in [6, 6.07) is 16.9. The number of rotatable bonds is 6. The van der Waals surface area contributed by atoms with Crippen LogP contribution in [0.2, 0.25) is 5.02 Å². The molecule has 146 valence electrons. The predicted octanol–water partition coefficient (Wildman–Crippen LogP) is 3.42. The highest BCUT2D eigenvalue weighted by atomic mass is 35.5. The largest absolute Gasteiger partial charge is 0.354 e. The van der Waals surface area contributed by atoms with Crippen LogP contribution < -0.4 is 10.2 Å². The molecule has 0 bridgehead atoms. The van der Waals surface area contributed by atoms with Crippen molar-refractivity contribution in [3.63, 3.8) is 0 Å². The van der Waals surface area contributed by atoms with Gasteiger partial charge in [-0.2, -0.15) is 5.26 Å². The molecule has 2 heterocycles. The number of amides is 1. The summed E-state index contributed by atoms with van der Waals surface area (Å²) >= 11 is 6.43. The Labute approximate surface area is 174 Å². The van der Waals surface area contributed by atoms with Gasteiger partial charge < -0.3 is 15.2 Å². The van der Waals surface area contributed by atoms with Crippen LogP contribution in [-0.2, 0) is 17.8 Å². The highest BCUT2D eigenvalue weighted by Crippen LogP contribution is 2.30. The number of hydrogen-bond donors (Lipinski definition) is 2. The molecule has 1 aliphatic heterocycles. The molecule has 7 heteroatoms. The van der Waals surface area contributed by atoms with Gasteiger partial charge in [0.1, 0.15) is 11.9 Å². The number of imidazole rings is 1. The Morgan fingerprint density at radius 3 is 2.69 bits per heavy atom. The molecule has 1 fully saturated rings. The minimum atomic E-state index is -0.264. The minimum Gasteiger partial charge on any atom is -0.354 e. The van der Waals surface area contributed by atoms with Crippen molar-refractivity contribution >= 4 is 23.2 Å². The molecule has 2 aromatic carbocycles. The number of H-pyrrole nitrogens is 1. The molecule has 0 spiro atoms. The summed E-state index contributed by atoms with van der Waals surface area (Å²) in [6.45, 7) is 1.17. The highest BCUT2D eigenvalue weighted by molar-refractivity contribution is 6.33. The quantitative estimate of drug-likeness (QED) is 0.658. The minimum absolute atomic E-state index is 0.0160. The number of nitrogens with one attached hydrogen (secondary N) is 2. The van der Waals surface area contributed by atoms with Crippen molar-refractivity contribution in [2.24, 2.45) is 0 Å². The first-order valence-electron chi connectivity index (χ1n) is 9.45. The Balaban J connectivity index is 1.54. The fourth-order valence-electron chi connectivity index (χ4n) is 3.58. The molecule has 1 saturated heterocycles. The third-order valence-electron chi connectivity index (χ3n) is 5.03. The molecule has 1 aromatic heterocycles. The fraction of sp³-hybridized carbons (Fsp3) is 0.227. The maximum atomic E-state index is 12.3. The highest BCUT2D eigenvalue weighted by Gasteiger charge is 2.31. The molecule has 0 saturated carbocycles. The normalized spacial score (nSPS) is 15.7. The first kappa shape index (κ1) is 19.0. The number of hydrogen-bond acceptors (Lipinski definition) is 4. The number of nitrogens with zero attached hydrogens (tertiary/aromatic N) is 3. The van der Waals surface area contributed by atoms with Gasteiger partial charge in [-0.25, -0.2) is 4.98 Å². The van der Waals surface area contributed by atoms with E-state index < -0.39 is 0 Å². The predicted molar refractivity (Wildman–Crippen MR) is 112 cm³/mol. The second-order valence-electron chi connectivity index (χ2n) is 7.02. The van der Waals surface area contributed by atoms with Crippen molar-refractivity contribution in [1.29, 1.82) is 5.26 Å². The van der Waals surface area contributed by atoms with E-state index in [-0.39, 0.29) is 11.9 Å². The second kappa shape index (κ2) is 8.38. The van der Waals surface area contributed by atoms with Crippen molar-refractivity contribution < 1.29 is 4.79 Å². The Bertz CT molecular complexity index is 1050. The number of nitriles is 1. The number of aromatic amines is 1. The fourth-order valence-corrected chi connectivity index (χ4v) is 3.82. The Hall–Kier alpha value is -3.30. The zero-order valence-electron chi connectivity index (χ0n) is 15.7. The summed E-state index contributed by atoms with van der Waals surface area (Å²) < 4.78 is 0. The van der Waals surface area contributed by atoms with Gasteiger partial charge in [0.15, 0.2) is 0 Å². The van der Waals surface area contributed by atoms with Crippen LogP contribution in [0.5, 0.6) is 0 Å². The monoisotopic (exact) mass is 405 g/mol. The van der Waals surface area contributed by atoms with Crippen molar-refractivity contribution in [3.05, 3.63) is 82.4 Å². The molecule has 4 rings (SSSR count). The summed E-state index contributed by atoms with van der Waals surface area (Å²) in [5.41, 5.74) is 3.45. The molecular formula is C22H20ClN5O. The van der Waals surface area contributed by atoms with Crippen LogP contribution in [0.4, 0.5) is 5.69 Å². The maximum Gasteiger partial charge on any atom is 0.242 e. The molecule has 1 amide bonds. The lowest BCUT2D eigenvalue weighted by atomic mass is 10.1. The summed E-state index contributed by atoms with van der Waals surface area (Å²) in [5.74, 6) is 0.849. The van der Waals surface area contributed by atoms with Crippen LogP contribution in [-0.4, -0.2) is 28.5 Å². The van der Waals surface area contributed by atoms with E-state index in [0.717, 1.165) is 29.2 Å². The molecule has 6 nitrogen and oxygen atoms in total. The number of para-hydroxylation sites is 1. The lowest BCUT2D eigenvalue weighted by molar-refractivity contribution is -0.120. The molecule has 1 aliphatic rings. The summed E-state index contributed by atoms with van der Waals surface area (Å²) in [5, 5.41) is 12.4. The lowest BCUT2D eigenvalue weighted by Gasteiger charge is -2.29. The van der Waals surface area contributed by atoms with E-state index >= 15 is 0 Å². The molecule has 2 N–H and O–H groups in total. The Morgan fingerprint density at radius 2 is 2.00 bits per heavy atom. The summed E-state index contributed by atoms with van der Waals surface area (Å²) in [7, 11) is 0. The molecule has 0 radical (unpaired) electrons. The van der Waals surface area contributed by atoms with Crippen molar-refractivity contribution in [3.8, 4) is 6.07 Å². The standard InChI is InChI=1S/C22H20ClN5O/c23-18-3-1-2-4-19(18)28(20-9-10-25-22(20)29)14-17-13-26-21(27-17)11-15-5-7-16(12-24)8-6-15/h1-8,13,20H,9-11,14H2,(H,25,29)(H,26,27). The third kappa shape index (κ3) is 4.25. The summed E-state index contributed by atoms with van der Waals surface area (Å²) in [6.07, 6.45) is 3.17. The second-order valence-corrected chi connectivity index (χ2v) is 7.42. The van der Waals surface area contributed by atoms with Crippen molar-refractivity contribution in [2.75, 3.05) is 11.4 Å². The lowest BCUT2D eigenvalue weighted by Crippen LogP contribution is -2.40. The average molecular weight is 406 g/mol. The first-order chi connectivity index (χ1) is 14.1. The zero-order chi connectivity index (χ0) is 20.2. The maximum absolute atomic E-state index is 12.3. The number of benzene rings is 2. The van der Waals surface area contributed by atoms with E-state index in [9.17, 15) is 4.79 Å². The number of halogens is 1. The first-order valence-corrected chi connectivity index (χ1v) is 9.82. The molecule has 29 heavy (non-hydrogen) atoms. The Morgan fingerprint density at radius 1 is 1.21 bits per heavy atom. The Kier molecular flexibility index (Phi) is 5.50. The van der Waals surface area contributed by atoms with E-state index in [1.807, 2.05) is 41.3 Å². The van der Waals surface area contributed by atoms with Gasteiger partial charge in [0.25, 0.3) is 0 Å². The smallest absolute Gasteiger partial charge is 0.242 e. The SMILES string of the molecule is N#Cc1ccc(Cc2ncc(CN(c3ccccc3Cl)C3CCNC3=O)[nH]2)cc1. The van der Waals surface area contributed by atoms with Gasteiger partial charge in [-0.05, 0) is 36.2 Å². The van der Waals surface area contributed by atoms with E-state index in [1.165, 1.54) is 0 Å². The van der Waals surface area contributed by atoms with Crippen LogP contribution in [0, 0.1) is 11.3 Å². The number of anilines is 1. The number of carbonyl (C=O) groups excluding carboxylic acids is 1. The van der Waals surface area contributed by atoms with Gasteiger partial charge in [0, 0.05) is 13.0 Å². The van der Waals surface area contributed by atoms with E-state index in [2.05, 4.69) is 21.4 Å². The van der Waals surface area contributed by atoms with Gasteiger partial charge in [0.05, 0.1) is 40.8 Å². The summed E-state index contributed by atoms with van der Waals surface area (Å²) in [4.78, 5) is 22.2. The van der Waals surface area contributed by atoms with Gasteiger partial charge in [-0.15, -0.1) is 0 Å². The molecule has 1 atom stereocenters. The molecule has 1 unspecified atom stereocenters. The van der Waals surface area contributed by atoms with E-state index in [0.29, 0.717) is 30.1 Å². The van der Waals surface area contributed by atoms with Crippen LogP contribution in [0.3, 0.4) is 0 Å². The molecule has 3 aromatic rings. The van der Waals surface area contributed by atoms with E-state index in [4.69, 9.17) is 16.9 Å². The molecular weight excluding hydrogens is 386 g/mol. The topological polar surface area (TPSA) is 84.8 Å². The molecule has 0 aliphatic carbocycles. The number of carbonyl (C=O) groups is 1. The average Bonchev–Trinajstić information content (AvgIpc) is 3.36. The number of aromatic nitrogens is 2. The van der Waals surface area contributed by atoms with Crippen LogP contribution in [0.25, 0.3) is 0 Å².